The first-order valence-corrected chi connectivity index (χ1v) is 24.1. The molecular weight excluding hydrogens is 885 g/mol. The molecule has 2 aliphatic heterocycles. The number of fused-ring (bicyclic) bond motifs is 2. The molecule has 9 rings (SSSR count). The van der Waals surface area contributed by atoms with Gasteiger partial charge in [-0.3, -0.25) is 9.59 Å². The maximum absolute atomic E-state index is 13.0. The SMILES string of the molecule is O=C(CCC(c1ccccc1)c1ccccc1)C1=NS(=O)(=O)c2cc(Br)ccc2N1.O=C(CCC(c1ccccc1)c1ccccc1)C1=NS(=O)(=O)c2cc(C3CC3)ccc2N1. The van der Waals surface area contributed by atoms with Gasteiger partial charge in [-0.05, 0) is 89.8 Å². The third-order valence-electron chi connectivity index (χ3n) is 11.1. The Morgan fingerprint density at radius 2 is 0.903 bits per heavy atom. The molecule has 6 aromatic rings. The lowest BCUT2D eigenvalue weighted by molar-refractivity contribution is -0.113. The minimum absolute atomic E-state index is 0.0281. The van der Waals surface area contributed by atoms with Gasteiger partial charge in [0.25, 0.3) is 20.0 Å². The summed E-state index contributed by atoms with van der Waals surface area (Å²) < 4.78 is 58.8. The zero-order chi connectivity index (χ0) is 43.3. The van der Waals surface area contributed by atoms with Crippen molar-refractivity contribution in [1.29, 1.82) is 0 Å². The molecule has 2 N–H and O–H groups in total. The third kappa shape index (κ3) is 10.0. The van der Waals surface area contributed by atoms with E-state index in [-0.39, 0.29) is 57.7 Å². The molecule has 1 saturated carbocycles. The average molecular weight is 928 g/mol. The monoisotopic (exact) mass is 926 g/mol. The molecule has 1 aliphatic carbocycles. The molecule has 0 bridgehead atoms. The van der Waals surface area contributed by atoms with Crippen LogP contribution in [0.2, 0.25) is 0 Å². The van der Waals surface area contributed by atoms with Gasteiger partial charge in [-0.2, -0.15) is 16.8 Å². The van der Waals surface area contributed by atoms with Crippen LogP contribution in [0.4, 0.5) is 11.4 Å². The van der Waals surface area contributed by atoms with Gasteiger partial charge in [0.15, 0.2) is 23.2 Å². The van der Waals surface area contributed by atoms with Crippen molar-refractivity contribution in [3.8, 4) is 0 Å². The van der Waals surface area contributed by atoms with E-state index in [1.807, 2.05) is 103 Å². The largest absolute Gasteiger partial charge is 0.335 e. The number of rotatable bonds is 13. The molecule has 0 aromatic heterocycles. The van der Waals surface area contributed by atoms with Crippen molar-refractivity contribution in [3.05, 3.63) is 190 Å². The second kappa shape index (κ2) is 18.5. The number of amidine groups is 2. The van der Waals surface area contributed by atoms with Crippen LogP contribution >= 0.6 is 15.9 Å². The van der Waals surface area contributed by atoms with Gasteiger partial charge in [-0.1, -0.05) is 143 Å². The molecule has 0 amide bonds. The van der Waals surface area contributed by atoms with E-state index in [2.05, 4.69) is 59.6 Å². The van der Waals surface area contributed by atoms with Crippen LogP contribution in [-0.4, -0.2) is 40.1 Å². The van der Waals surface area contributed by atoms with Crippen molar-refractivity contribution in [2.45, 2.75) is 66.1 Å². The number of carbonyl (C=O) groups excluding carboxylic acids is 2. The van der Waals surface area contributed by atoms with Crippen molar-refractivity contribution >= 4 is 70.6 Å². The number of hydrogen-bond acceptors (Lipinski definition) is 8. The molecule has 0 spiro atoms. The Morgan fingerprint density at radius 1 is 0.532 bits per heavy atom. The van der Waals surface area contributed by atoms with Gasteiger partial charge in [0.2, 0.25) is 0 Å². The molecule has 0 atom stereocenters. The molecule has 13 heteroatoms. The Kier molecular flexibility index (Phi) is 12.8. The molecule has 0 radical (unpaired) electrons. The summed E-state index contributed by atoms with van der Waals surface area (Å²) in [6.07, 6.45) is 3.63. The van der Waals surface area contributed by atoms with Gasteiger partial charge in [0.05, 0.1) is 11.4 Å². The number of nitrogens with zero attached hydrogens (tertiary/aromatic N) is 2. The van der Waals surface area contributed by atoms with Crippen LogP contribution in [0.25, 0.3) is 0 Å². The number of hydrogen-bond donors (Lipinski definition) is 2. The lowest BCUT2D eigenvalue weighted by atomic mass is 9.87. The fourth-order valence-electron chi connectivity index (χ4n) is 7.80. The highest BCUT2D eigenvalue weighted by Crippen LogP contribution is 2.42. The molecule has 0 unspecified atom stereocenters. The van der Waals surface area contributed by atoms with E-state index in [1.165, 1.54) is 6.07 Å². The van der Waals surface area contributed by atoms with Crippen LogP contribution in [-0.2, 0) is 29.6 Å². The molecule has 62 heavy (non-hydrogen) atoms. The summed E-state index contributed by atoms with van der Waals surface area (Å²) in [6, 6.07) is 50.2. The summed E-state index contributed by atoms with van der Waals surface area (Å²) in [5.74, 6) is -0.362. The number of carbonyl (C=O) groups is 2. The number of Topliss-reactive ketones (excluding diaryl/α,β-unsaturated/α-hetero) is 2. The zero-order valence-electron chi connectivity index (χ0n) is 33.5. The number of halogens is 1. The predicted molar refractivity (Wildman–Crippen MR) is 247 cm³/mol. The van der Waals surface area contributed by atoms with E-state index in [9.17, 15) is 26.4 Å². The highest BCUT2D eigenvalue weighted by Gasteiger charge is 2.32. The van der Waals surface area contributed by atoms with Crippen LogP contribution < -0.4 is 10.6 Å². The summed E-state index contributed by atoms with van der Waals surface area (Å²) in [7, 11) is -7.83. The first-order valence-electron chi connectivity index (χ1n) is 20.4. The van der Waals surface area contributed by atoms with Crippen molar-refractivity contribution in [2.24, 2.45) is 8.80 Å². The third-order valence-corrected chi connectivity index (χ3v) is 14.3. The topological polar surface area (TPSA) is 151 Å². The van der Waals surface area contributed by atoms with Crippen LogP contribution in [0.1, 0.15) is 84.1 Å². The maximum atomic E-state index is 13.0. The van der Waals surface area contributed by atoms with Crippen molar-refractivity contribution in [1.82, 2.24) is 0 Å². The summed E-state index contributed by atoms with van der Waals surface area (Å²) in [5, 5.41) is 5.85. The van der Waals surface area contributed by atoms with Crippen LogP contribution in [0, 0.1) is 0 Å². The second-order valence-electron chi connectivity index (χ2n) is 15.4. The van der Waals surface area contributed by atoms with E-state index in [1.54, 1.807) is 24.3 Å². The van der Waals surface area contributed by atoms with Gasteiger partial charge in [-0.25, -0.2) is 0 Å². The van der Waals surface area contributed by atoms with E-state index in [4.69, 9.17) is 0 Å². The van der Waals surface area contributed by atoms with Crippen molar-refractivity contribution in [3.63, 3.8) is 0 Å². The normalized spacial score (nSPS) is 15.7. The highest BCUT2D eigenvalue weighted by atomic mass is 79.9. The van der Waals surface area contributed by atoms with Gasteiger partial charge in [0.1, 0.15) is 9.79 Å². The summed E-state index contributed by atoms with van der Waals surface area (Å²) >= 11 is 3.26. The molecular formula is C49H43BrN4O6S2. The molecule has 1 fully saturated rings. The molecule has 314 valence electrons. The standard InChI is InChI=1S/C26H24N2O3S.C23H19BrN2O3S/c29-24(16-14-22(19-7-3-1-4-8-19)20-9-5-2-6-10-20)26-27-23-15-13-21(18-11-12-18)17-25(23)32(30,31)28-26;24-18-11-13-20-22(15-18)30(28,29)26-23(25-20)21(27)14-12-19(16-7-3-1-4-8-16)17-9-5-2-6-10-17/h1-10,13,15,17-18,22H,11-12,14,16H2,(H,27,28);1-11,13,15,19H,12,14H2,(H,25,26). The Bertz CT molecular complexity index is 2810. The van der Waals surface area contributed by atoms with Crippen molar-refractivity contribution in [2.75, 3.05) is 10.6 Å². The van der Waals surface area contributed by atoms with Crippen LogP contribution in [0.5, 0.6) is 0 Å². The van der Waals surface area contributed by atoms with E-state index >= 15 is 0 Å². The first-order chi connectivity index (χ1) is 29.9. The Balaban J connectivity index is 0.000000171. The summed E-state index contributed by atoms with van der Waals surface area (Å²) in [6.45, 7) is 0. The number of nitrogens with one attached hydrogen (secondary N) is 2. The van der Waals surface area contributed by atoms with Crippen molar-refractivity contribution < 1.29 is 26.4 Å². The lowest BCUT2D eigenvalue weighted by Crippen LogP contribution is -2.29. The summed E-state index contributed by atoms with van der Waals surface area (Å²) in [4.78, 5) is 26.1. The fraction of sp³-hybridized carbons (Fsp3) is 0.184. The molecule has 3 aliphatic rings. The number of anilines is 2. The minimum Gasteiger partial charge on any atom is -0.335 e. The van der Waals surface area contributed by atoms with E-state index < -0.39 is 20.0 Å². The predicted octanol–water partition coefficient (Wildman–Crippen LogP) is 10.4. The van der Waals surface area contributed by atoms with E-state index in [0.29, 0.717) is 34.6 Å². The van der Waals surface area contributed by atoms with Gasteiger partial charge in [0, 0.05) is 29.2 Å². The Morgan fingerprint density at radius 3 is 1.29 bits per heavy atom. The molecule has 10 nitrogen and oxygen atoms in total. The van der Waals surface area contributed by atoms with Crippen LogP contribution in [0.15, 0.2) is 181 Å². The Labute approximate surface area is 370 Å². The second-order valence-corrected chi connectivity index (χ2v) is 19.5. The molecule has 0 saturated heterocycles. The first kappa shape index (κ1) is 42.7. The van der Waals surface area contributed by atoms with Crippen LogP contribution in [0.3, 0.4) is 0 Å². The fourth-order valence-corrected chi connectivity index (χ4v) is 10.6. The Hall–Kier alpha value is -6.02. The lowest BCUT2D eigenvalue weighted by Gasteiger charge is -2.20. The smallest absolute Gasteiger partial charge is 0.286 e. The van der Waals surface area contributed by atoms with Gasteiger partial charge in [-0.15, -0.1) is 8.80 Å². The average Bonchev–Trinajstić information content (AvgIpc) is 4.14. The zero-order valence-corrected chi connectivity index (χ0v) is 36.7. The van der Waals surface area contributed by atoms with Gasteiger partial charge < -0.3 is 10.6 Å². The molecule has 6 aromatic carbocycles. The summed E-state index contributed by atoms with van der Waals surface area (Å²) in [5.41, 5.74) is 6.27. The number of ketones is 2. The minimum atomic E-state index is -3.93. The van der Waals surface area contributed by atoms with Gasteiger partial charge >= 0.3 is 0 Å². The number of sulfonamides is 2. The van der Waals surface area contributed by atoms with E-state index in [0.717, 1.165) is 40.7 Å². The highest BCUT2D eigenvalue weighted by molar-refractivity contribution is 9.10. The molecule has 2 heterocycles. The number of benzene rings is 6. The quantitative estimate of drug-likeness (QED) is 0.116. The maximum Gasteiger partial charge on any atom is 0.286 e.